The number of rotatable bonds is 8. The van der Waals surface area contributed by atoms with Crippen molar-refractivity contribution in [2.75, 3.05) is 5.75 Å². The van der Waals surface area contributed by atoms with E-state index < -0.39 is 0 Å². The molecular weight excluding hydrogens is 442 g/mol. The van der Waals surface area contributed by atoms with Gasteiger partial charge in [-0.15, -0.1) is 10.2 Å². The first kappa shape index (κ1) is 23.4. The third-order valence-electron chi connectivity index (χ3n) is 5.36. The van der Waals surface area contributed by atoms with Gasteiger partial charge in [0.15, 0.2) is 11.0 Å². The van der Waals surface area contributed by atoms with E-state index in [1.54, 1.807) is 6.21 Å². The van der Waals surface area contributed by atoms with E-state index >= 15 is 0 Å². The predicted octanol–water partition coefficient (Wildman–Crippen LogP) is 5.36. The lowest BCUT2D eigenvalue weighted by Crippen LogP contribution is -2.20. The van der Waals surface area contributed by atoms with Crippen molar-refractivity contribution in [2.24, 2.45) is 5.10 Å². The fraction of sp³-hybridized carbons (Fsp3) is 0.185. The normalized spacial score (nSPS) is 11.1. The van der Waals surface area contributed by atoms with Crippen molar-refractivity contribution < 1.29 is 4.79 Å². The van der Waals surface area contributed by atoms with E-state index in [0.29, 0.717) is 5.16 Å². The molecule has 1 heterocycles. The summed E-state index contributed by atoms with van der Waals surface area (Å²) >= 11 is 1.33. The number of hydrogen-bond acceptors (Lipinski definition) is 5. The van der Waals surface area contributed by atoms with Crippen molar-refractivity contribution in [3.05, 3.63) is 95.1 Å². The molecule has 0 radical (unpaired) electrons. The van der Waals surface area contributed by atoms with Crippen LogP contribution < -0.4 is 5.43 Å². The molecule has 1 amide bonds. The van der Waals surface area contributed by atoms with Gasteiger partial charge in [0, 0.05) is 11.3 Å². The molecule has 0 saturated carbocycles. The van der Waals surface area contributed by atoms with Gasteiger partial charge in [0.25, 0.3) is 5.91 Å². The maximum atomic E-state index is 12.4. The Bertz CT molecular complexity index is 1280. The van der Waals surface area contributed by atoms with Crippen molar-refractivity contribution in [3.63, 3.8) is 0 Å². The van der Waals surface area contributed by atoms with Crippen LogP contribution in [0.15, 0.2) is 83.1 Å². The van der Waals surface area contributed by atoms with Crippen LogP contribution in [0.3, 0.4) is 0 Å². The largest absolute Gasteiger partial charge is 0.272 e. The lowest BCUT2D eigenvalue weighted by atomic mass is 10.1. The van der Waals surface area contributed by atoms with Crippen LogP contribution >= 0.6 is 11.8 Å². The van der Waals surface area contributed by atoms with E-state index in [-0.39, 0.29) is 11.7 Å². The molecule has 6 nitrogen and oxygen atoms in total. The number of thioether (sulfide) groups is 1. The first-order valence-electron chi connectivity index (χ1n) is 11.2. The van der Waals surface area contributed by atoms with Gasteiger partial charge in [-0.1, -0.05) is 90.5 Å². The fourth-order valence-electron chi connectivity index (χ4n) is 3.36. The third-order valence-corrected chi connectivity index (χ3v) is 6.29. The van der Waals surface area contributed by atoms with Crippen molar-refractivity contribution in [1.29, 1.82) is 0 Å². The maximum Gasteiger partial charge on any atom is 0.250 e. The number of amides is 1. The highest BCUT2D eigenvalue weighted by atomic mass is 32.2. The number of aromatic nitrogens is 3. The molecule has 0 aliphatic heterocycles. The summed E-state index contributed by atoms with van der Waals surface area (Å²) in [5, 5.41) is 13.6. The van der Waals surface area contributed by atoms with Gasteiger partial charge in [0.05, 0.1) is 12.0 Å². The first-order chi connectivity index (χ1) is 16.5. The summed E-state index contributed by atoms with van der Waals surface area (Å²) in [4.78, 5) is 12.4. The molecule has 0 atom stereocenters. The summed E-state index contributed by atoms with van der Waals surface area (Å²) in [5.74, 6) is 0.700. The highest BCUT2D eigenvalue weighted by Crippen LogP contribution is 2.28. The zero-order valence-corrected chi connectivity index (χ0v) is 20.3. The van der Waals surface area contributed by atoms with Crippen LogP contribution in [0, 0.1) is 13.8 Å². The Hall–Kier alpha value is -3.71. The van der Waals surface area contributed by atoms with Crippen molar-refractivity contribution >= 4 is 23.9 Å². The number of nitrogens with one attached hydrogen (secondary N) is 1. The van der Waals surface area contributed by atoms with E-state index in [0.717, 1.165) is 29.1 Å². The molecule has 4 aromatic rings. The van der Waals surface area contributed by atoms with Gasteiger partial charge < -0.3 is 0 Å². The second-order valence-electron chi connectivity index (χ2n) is 8.02. The van der Waals surface area contributed by atoms with Gasteiger partial charge in [-0.05, 0) is 43.5 Å². The van der Waals surface area contributed by atoms with E-state index in [4.69, 9.17) is 0 Å². The van der Waals surface area contributed by atoms with Crippen LogP contribution in [0.1, 0.15) is 29.2 Å². The first-order valence-corrected chi connectivity index (χ1v) is 12.1. The molecule has 0 spiro atoms. The molecule has 172 valence electrons. The standard InChI is InChI=1S/C27H27N5OS/c1-4-21-9-11-22(12-10-21)17-28-29-25(33)18-34-27-31-30-26(23-13-5-19(2)6-14-23)32(27)24-15-7-20(3)8-16-24/h5-17H,4,18H2,1-3H3,(H,29,33)/b28-17+. The number of carbonyl (C=O) groups is 1. The topological polar surface area (TPSA) is 72.2 Å². The number of benzene rings is 3. The molecule has 1 N–H and O–H groups in total. The molecule has 0 unspecified atom stereocenters. The molecule has 0 fully saturated rings. The van der Waals surface area contributed by atoms with Crippen LogP contribution in [0.2, 0.25) is 0 Å². The van der Waals surface area contributed by atoms with Crippen LogP contribution in [-0.2, 0) is 11.2 Å². The van der Waals surface area contributed by atoms with Gasteiger partial charge in [-0.3, -0.25) is 9.36 Å². The number of hydrazone groups is 1. The summed E-state index contributed by atoms with van der Waals surface area (Å²) < 4.78 is 1.99. The van der Waals surface area contributed by atoms with E-state index in [1.807, 2.05) is 41.0 Å². The average molecular weight is 470 g/mol. The Labute approximate surface area is 204 Å². The Morgan fingerprint density at radius 1 is 0.941 bits per heavy atom. The third kappa shape index (κ3) is 5.80. The minimum atomic E-state index is -0.207. The molecular formula is C27H27N5OS. The Morgan fingerprint density at radius 3 is 2.24 bits per heavy atom. The average Bonchev–Trinajstić information content (AvgIpc) is 3.28. The zero-order chi connectivity index (χ0) is 23.9. The van der Waals surface area contributed by atoms with Gasteiger partial charge in [0.2, 0.25) is 0 Å². The zero-order valence-electron chi connectivity index (χ0n) is 19.5. The summed E-state index contributed by atoms with van der Waals surface area (Å²) in [6.45, 7) is 6.22. The lowest BCUT2D eigenvalue weighted by Gasteiger charge is -2.11. The lowest BCUT2D eigenvalue weighted by molar-refractivity contribution is -0.118. The Morgan fingerprint density at radius 2 is 1.59 bits per heavy atom. The minimum Gasteiger partial charge on any atom is -0.272 e. The summed E-state index contributed by atoms with van der Waals surface area (Å²) in [5.41, 5.74) is 9.06. The number of nitrogens with zero attached hydrogens (tertiary/aromatic N) is 4. The van der Waals surface area contributed by atoms with Crippen LogP contribution in [0.4, 0.5) is 0 Å². The van der Waals surface area contributed by atoms with Crippen LogP contribution in [0.5, 0.6) is 0 Å². The Balaban J connectivity index is 1.48. The van der Waals surface area contributed by atoms with Crippen molar-refractivity contribution in [1.82, 2.24) is 20.2 Å². The summed E-state index contributed by atoms with van der Waals surface area (Å²) in [6, 6.07) is 24.4. The molecule has 1 aromatic heterocycles. The van der Waals surface area contributed by atoms with E-state index in [1.165, 1.54) is 28.5 Å². The molecule has 0 bridgehead atoms. The smallest absolute Gasteiger partial charge is 0.250 e. The Kier molecular flexibility index (Phi) is 7.54. The van der Waals surface area contributed by atoms with Gasteiger partial charge in [-0.2, -0.15) is 5.10 Å². The van der Waals surface area contributed by atoms with Gasteiger partial charge in [0.1, 0.15) is 0 Å². The highest BCUT2D eigenvalue weighted by Gasteiger charge is 2.17. The highest BCUT2D eigenvalue weighted by molar-refractivity contribution is 7.99. The molecule has 0 aliphatic carbocycles. The van der Waals surface area contributed by atoms with Crippen molar-refractivity contribution in [3.8, 4) is 17.1 Å². The monoisotopic (exact) mass is 469 g/mol. The molecule has 0 saturated heterocycles. The molecule has 3 aromatic carbocycles. The SMILES string of the molecule is CCc1ccc(/C=N/NC(=O)CSc2nnc(-c3ccc(C)cc3)n2-c2ccc(C)cc2)cc1. The fourth-order valence-corrected chi connectivity index (χ4v) is 4.10. The minimum absolute atomic E-state index is 0.171. The van der Waals surface area contributed by atoms with Gasteiger partial charge in [-0.25, -0.2) is 5.43 Å². The van der Waals surface area contributed by atoms with E-state index in [9.17, 15) is 4.79 Å². The molecule has 34 heavy (non-hydrogen) atoms. The van der Waals surface area contributed by atoms with Crippen LogP contribution in [0.25, 0.3) is 17.1 Å². The maximum absolute atomic E-state index is 12.4. The number of carbonyl (C=O) groups excluding carboxylic acids is 1. The van der Waals surface area contributed by atoms with Gasteiger partial charge >= 0.3 is 0 Å². The molecule has 4 rings (SSSR count). The number of hydrogen-bond donors (Lipinski definition) is 1. The number of aryl methyl sites for hydroxylation is 3. The summed E-state index contributed by atoms with van der Waals surface area (Å²) in [6.07, 6.45) is 2.64. The molecule has 7 heteroatoms. The van der Waals surface area contributed by atoms with Crippen molar-refractivity contribution in [2.45, 2.75) is 32.3 Å². The summed E-state index contributed by atoms with van der Waals surface area (Å²) in [7, 11) is 0. The predicted molar refractivity (Wildman–Crippen MR) is 139 cm³/mol. The molecule has 0 aliphatic rings. The second-order valence-corrected chi connectivity index (χ2v) is 8.96. The van der Waals surface area contributed by atoms with E-state index in [2.05, 4.69) is 77.9 Å². The van der Waals surface area contributed by atoms with Crippen LogP contribution in [-0.4, -0.2) is 32.6 Å². The second kappa shape index (κ2) is 10.9. The quantitative estimate of drug-likeness (QED) is 0.214.